The number of hydrogen-bond donors (Lipinski definition) is 1. The van der Waals surface area contributed by atoms with Gasteiger partial charge in [0.15, 0.2) is 0 Å². The number of aromatic carboxylic acids is 1. The molecule has 132 valence electrons. The zero-order valence-electron chi connectivity index (χ0n) is 14.8. The summed E-state index contributed by atoms with van der Waals surface area (Å²) in [4.78, 5) is 16.7. The lowest BCUT2D eigenvalue weighted by molar-refractivity contribution is 0.0695. The highest BCUT2D eigenvalue weighted by molar-refractivity contribution is 6.30. The molecule has 4 heteroatoms. The molecule has 3 nitrogen and oxygen atoms in total. The van der Waals surface area contributed by atoms with E-state index in [0.717, 1.165) is 28.9 Å². The van der Waals surface area contributed by atoms with Crippen LogP contribution in [0.25, 0.3) is 11.1 Å². The van der Waals surface area contributed by atoms with E-state index in [4.69, 9.17) is 16.6 Å². The first-order chi connectivity index (χ1) is 12.0. The highest BCUT2D eigenvalue weighted by Crippen LogP contribution is 2.34. The van der Waals surface area contributed by atoms with E-state index in [1.165, 1.54) is 25.7 Å². The van der Waals surface area contributed by atoms with E-state index in [-0.39, 0.29) is 5.92 Å². The second kappa shape index (κ2) is 7.57. The van der Waals surface area contributed by atoms with Gasteiger partial charge in [-0.2, -0.15) is 0 Å². The molecule has 1 aromatic carbocycles. The Morgan fingerprint density at radius 3 is 2.60 bits per heavy atom. The zero-order chi connectivity index (χ0) is 18.0. The first kappa shape index (κ1) is 17.9. The molecule has 0 saturated heterocycles. The first-order valence-electron chi connectivity index (χ1n) is 8.98. The molecule has 0 unspecified atom stereocenters. The van der Waals surface area contributed by atoms with Crippen LogP contribution in [0.3, 0.4) is 0 Å². The highest BCUT2D eigenvalue weighted by atomic mass is 35.5. The molecule has 0 atom stereocenters. The van der Waals surface area contributed by atoms with Crippen molar-refractivity contribution in [2.75, 3.05) is 0 Å². The maximum atomic E-state index is 11.9. The molecule has 2 aromatic rings. The van der Waals surface area contributed by atoms with Gasteiger partial charge in [0.05, 0.1) is 17.0 Å². The minimum absolute atomic E-state index is 0.208. The Morgan fingerprint density at radius 2 is 2.00 bits per heavy atom. The zero-order valence-corrected chi connectivity index (χ0v) is 15.5. The first-order valence-corrected chi connectivity index (χ1v) is 9.36. The molecule has 1 aromatic heterocycles. The molecule has 0 spiro atoms. The van der Waals surface area contributed by atoms with Gasteiger partial charge in [-0.15, -0.1) is 0 Å². The molecule has 0 aliphatic heterocycles. The van der Waals surface area contributed by atoms with E-state index < -0.39 is 5.97 Å². The number of pyridine rings is 1. The standard InChI is InChI=1S/C21H24ClNO2/c1-13(2)20-17(15-8-5-9-16(22)11-15)12-18(21(24)25)19(23-20)10-14-6-3-4-7-14/h5,8-9,11-14H,3-4,6-7,10H2,1-2H3,(H,24,25). The maximum absolute atomic E-state index is 11.9. The van der Waals surface area contributed by atoms with Gasteiger partial charge in [-0.1, -0.05) is 63.3 Å². The molecule has 1 saturated carbocycles. The van der Waals surface area contributed by atoms with Crippen molar-refractivity contribution in [1.82, 2.24) is 4.98 Å². The quantitative estimate of drug-likeness (QED) is 0.718. The summed E-state index contributed by atoms with van der Waals surface area (Å²) in [6, 6.07) is 9.32. The van der Waals surface area contributed by atoms with Crippen molar-refractivity contribution in [2.45, 2.75) is 51.9 Å². The molecule has 1 N–H and O–H groups in total. The average Bonchev–Trinajstić information content (AvgIpc) is 3.07. The summed E-state index contributed by atoms with van der Waals surface area (Å²) < 4.78 is 0. The molecule has 0 radical (unpaired) electrons. The predicted molar refractivity (Wildman–Crippen MR) is 101 cm³/mol. The van der Waals surface area contributed by atoms with Crippen LogP contribution in [0, 0.1) is 5.92 Å². The third kappa shape index (κ3) is 4.04. The third-order valence-corrected chi connectivity index (χ3v) is 5.24. The van der Waals surface area contributed by atoms with Crippen molar-refractivity contribution in [3.8, 4) is 11.1 Å². The maximum Gasteiger partial charge on any atom is 0.337 e. The highest BCUT2D eigenvalue weighted by Gasteiger charge is 2.23. The second-order valence-electron chi connectivity index (χ2n) is 7.24. The van der Waals surface area contributed by atoms with Gasteiger partial charge in [0.25, 0.3) is 0 Å². The summed E-state index contributed by atoms with van der Waals surface area (Å²) in [7, 11) is 0. The molecule has 1 heterocycles. The van der Waals surface area contributed by atoms with Crippen molar-refractivity contribution < 1.29 is 9.90 Å². The van der Waals surface area contributed by atoms with E-state index >= 15 is 0 Å². The van der Waals surface area contributed by atoms with Gasteiger partial charge in [-0.25, -0.2) is 4.79 Å². The van der Waals surface area contributed by atoms with Gasteiger partial charge in [0, 0.05) is 10.6 Å². The Labute approximate surface area is 154 Å². The summed E-state index contributed by atoms with van der Waals surface area (Å²) in [6.45, 7) is 4.19. The number of halogens is 1. The normalized spacial score (nSPS) is 15.0. The summed E-state index contributed by atoms with van der Waals surface area (Å²) in [5.74, 6) is -0.138. The summed E-state index contributed by atoms with van der Waals surface area (Å²) in [6.07, 6.45) is 5.59. The molecule has 3 rings (SSSR count). The summed E-state index contributed by atoms with van der Waals surface area (Å²) in [5, 5.41) is 10.4. The van der Waals surface area contributed by atoms with Gasteiger partial charge in [0.1, 0.15) is 0 Å². The molecule has 1 aliphatic rings. The Balaban J connectivity index is 2.11. The van der Waals surface area contributed by atoms with Crippen molar-refractivity contribution in [3.05, 3.63) is 52.3 Å². The minimum Gasteiger partial charge on any atom is -0.478 e. The van der Waals surface area contributed by atoms with Gasteiger partial charge in [-0.05, 0) is 42.0 Å². The third-order valence-electron chi connectivity index (χ3n) is 5.00. The Hall–Kier alpha value is -1.87. The molecular weight excluding hydrogens is 334 g/mol. The largest absolute Gasteiger partial charge is 0.478 e. The summed E-state index contributed by atoms with van der Waals surface area (Å²) in [5.41, 5.74) is 3.78. The van der Waals surface area contributed by atoms with E-state index in [1.807, 2.05) is 24.3 Å². The van der Waals surface area contributed by atoms with Gasteiger partial charge >= 0.3 is 5.97 Å². The lowest BCUT2D eigenvalue weighted by atomic mass is 9.92. The van der Waals surface area contributed by atoms with E-state index in [0.29, 0.717) is 16.5 Å². The number of hydrogen-bond acceptors (Lipinski definition) is 2. The fourth-order valence-corrected chi connectivity index (χ4v) is 3.91. The fourth-order valence-electron chi connectivity index (χ4n) is 3.72. The molecule has 25 heavy (non-hydrogen) atoms. The van der Waals surface area contributed by atoms with Crippen LogP contribution in [0.2, 0.25) is 5.02 Å². The number of aromatic nitrogens is 1. The van der Waals surface area contributed by atoms with Crippen LogP contribution in [-0.2, 0) is 6.42 Å². The van der Waals surface area contributed by atoms with Crippen LogP contribution in [0.4, 0.5) is 0 Å². The predicted octanol–water partition coefficient (Wildman–Crippen LogP) is 5.96. The van der Waals surface area contributed by atoms with Crippen molar-refractivity contribution in [3.63, 3.8) is 0 Å². The fraction of sp³-hybridized carbons (Fsp3) is 0.429. The van der Waals surface area contributed by atoms with Gasteiger partial charge in [0.2, 0.25) is 0 Å². The van der Waals surface area contributed by atoms with Crippen molar-refractivity contribution >= 4 is 17.6 Å². The number of benzene rings is 1. The second-order valence-corrected chi connectivity index (χ2v) is 7.68. The molecule has 1 fully saturated rings. The molecule has 0 amide bonds. The van der Waals surface area contributed by atoms with Crippen LogP contribution in [0.5, 0.6) is 0 Å². The van der Waals surface area contributed by atoms with Crippen LogP contribution >= 0.6 is 11.6 Å². The Bertz CT molecular complexity index is 779. The number of carbonyl (C=O) groups is 1. The lowest BCUT2D eigenvalue weighted by Gasteiger charge is -2.18. The summed E-state index contributed by atoms with van der Waals surface area (Å²) >= 11 is 6.14. The molecule has 1 aliphatic carbocycles. The minimum atomic E-state index is -0.904. The number of rotatable bonds is 5. The van der Waals surface area contributed by atoms with E-state index in [2.05, 4.69) is 13.8 Å². The SMILES string of the molecule is CC(C)c1nc(CC2CCCC2)c(C(=O)O)cc1-c1cccc(Cl)c1. The van der Waals surface area contributed by atoms with Crippen LogP contribution < -0.4 is 0 Å². The van der Waals surface area contributed by atoms with Crippen LogP contribution in [0.1, 0.15) is 67.2 Å². The van der Waals surface area contributed by atoms with Crippen molar-refractivity contribution in [2.24, 2.45) is 5.92 Å². The van der Waals surface area contributed by atoms with Crippen molar-refractivity contribution in [1.29, 1.82) is 0 Å². The number of carboxylic acids is 1. The van der Waals surface area contributed by atoms with Crippen LogP contribution in [-0.4, -0.2) is 16.1 Å². The topological polar surface area (TPSA) is 50.2 Å². The monoisotopic (exact) mass is 357 g/mol. The van der Waals surface area contributed by atoms with E-state index in [9.17, 15) is 9.90 Å². The Kier molecular flexibility index (Phi) is 5.43. The molecule has 0 bridgehead atoms. The van der Waals surface area contributed by atoms with Gasteiger partial charge < -0.3 is 5.11 Å². The number of carboxylic acid groups (broad SMARTS) is 1. The van der Waals surface area contributed by atoms with Gasteiger partial charge in [-0.3, -0.25) is 4.98 Å². The van der Waals surface area contributed by atoms with E-state index in [1.54, 1.807) is 6.07 Å². The smallest absolute Gasteiger partial charge is 0.337 e. The Morgan fingerprint density at radius 1 is 1.28 bits per heavy atom. The lowest BCUT2D eigenvalue weighted by Crippen LogP contribution is -2.12. The molecular formula is C21H24ClNO2. The average molecular weight is 358 g/mol. The van der Waals surface area contributed by atoms with Crippen LogP contribution in [0.15, 0.2) is 30.3 Å². The number of nitrogens with zero attached hydrogens (tertiary/aromatic N) is 1.